The van der Waals surface area contributed by atoms with Gasteiger partial charge in [0.25, 0.3) is 0 Å². The van der Waals surface area contributed by atoms with Crippen LogP contribution in [0.1, 0.15) is 31.4 Å². The Kier molecular flexibility index (Phi) is 2.79. The Hall–Kier alpha value is -0.930. The van der Waals surface area contributed by atoms with Crippen LogP contribution in [0, 0.1) is 0 Å². The molecule has 0 aliphatic rings. The lowest BCUT2D eigenvalue weighted by atomic mass is 10.1. The molecule has 0 bridgehead atoms. The fraction of sp³-hybridized carbons (Fsp3) is 0.364. The summed E-state index contributed by atoms with van der Waals surface area (Å²) in [6, 6.07) is 4.33. The van der Waals surface area contributed by atoms with Gasteiger partial charge in [-0.1, -0.05) is 13.3 Å². The number of pyridine rings is 1. The Morgan fingerprint density at radius 3 is 3.21 bits per heavy atom. The van der Waals surface area contributed by atoms with Gasteiger partial charge in [0.1, 0.15) is 0 Å². The van der Waals surface area contributed by atoms with Gasteiger partial charge in [0, 0.05) is 12.2 Å². The van der Waals surface area contributed by atoms with Crippen molar-refractivity contribution in [3.8, 4) is 0 Å². The lowest BCUT2D eigenvalue weighted by molar-refractivity contribution is 0.637. The minimum atomic E-state index is 0.138. The smallest absolute Gasteiger partial charge is 0.0809 e. The van der Waals surface area contributed by atoms with Gasteiger partial charge in [0.2, 0.25) is 0 Å². The highest BCUT2D eigenvalue weighted by molar-refractivity contribution is 7.17. The fourth-order valence-corrected chi connectivity index (χ4v) is 2.33. The Labute approximate surface area is 87.8 Å². The van der Waals surface area contributed by atoms with Crippen LogP contribution in [-0.2, 0) is 0 Å². The van der Waals surface area contributed by atoms with Crippen molar-refractivity contribution in [1.29, 1.82) is 0 Å². The molecule has 3 heteroatoms. The molecule has 0 amide bonds. The second kappa shape index (κ2) is 4.07. The van der Waals surface area contributed by atoms with E-state index in [2.05, 4.69) is 23.4 Å². The average Bonchev–Trinajstić information content (AvgIpc) is 2.64. The largest absolute Gasteiger partial charge is 0.324 e. The Morgan fingerprint density at radius 2 is 2.43 bits per heavy atom. The number of nitrogens with two attached hydrogens (primary N) is 1. The highest BCUT2D eigenvalue weighted by atomic mass is 32.1. The minimum absolute atomic E-state index is 0.138. The van der Waals surface area contributed by atoms with Crippen molar-refractivity contribution in [1.82, 2.24) is 4.98 Å². The molecule has 0 unspecified atom stereocenters. The first-order valence-electron chi connectivity index (χ1n) is 4.90. The van der Waals surface area contributed by atoms with Gasteiger partial charge < -0.3 is 5.73 Å². The maximum absolute atomic E-state index is 6.03. The SMILES string of the molecule is CCC[C@H](N)c1cnc2ccsc2c1. The molecule has 0 saturated heterocycles. The van der Waals surface area contributed by atoms with E-state index in [0.717, 1.165) is 23.9 Å². The highest BCUT2D eigenvalue weighted by Gasteiger charge is 2.06. The van der Waals surface area contributed by atoms with Crippen LogP contribution in [0.15, 0.2) is 23.7 Å². The molecule has 0 aliphatic heterocycles. The van der Waals surface area contributed by atoms with Gasteiger partial charge in [0.05, 0.1) is 10.2 Å². The van der Waals surface area contributed by atoms with Crippen LogP contribution in [0.4, 0.5) is 0 Å². The van der Waals surface area contributed by atoms with E-state index in [1.807, 2.05) is 12.3 Å². The summed E-state index contributed by atoms with van der Waals surface area (Å²) in [5.74, 6) is 0. The van der Waals surface area contributed by atoms with Crippen LogP contribution in [0.5, 0.6) is 0 Å². The molecule has 0 saturated carbocycles. The van der Waals surface area contributed by atoms with Crippen molar-refractivity contribution in [3.63, 3.8) is 0 Å². The van der Waals surface area contributed by atoms with Gasteiger partial charge >= 0.3 is 0 Å². The number of hydrogen-bond acceptors (Lipinski definition) is 3. The van der Waals surface area contributed by atoms with Crippen LogP contribution in [0.25, 0.3) is 10.2 Å². The first-order chi connectivity index (χ1) is 6.81. The third-order valence-electron chi connectivity index (χ3n) is 2.35. The second-order valence-electron chi connectivity index (χ2n) is 3.47. The number of thiophene rings is 1. The molecule has 14 heavy (non-hydrogen) atoms. The van der Waals surface area contributed by atoms with Gasteiger partial charge in [-0.25, -0.2) is 0 Å². The maximum Gasteiger partial charge on any atom is 0.0809 e. The number of hydrogen-bond donors (Lipinski definition) is 1. The molecule has 2 nitrogen and oxygen atoms in total. The van der Waals surface area contributed by atoms with Crippen molar-refractivity contribution < 1.29 is 0 Å². The molecule has 1 atom stereocenters. The maximum atomic E-state index is 6.03. The Balaban J connectivity index is 2.33. The van der Waals surface area contributed by atoms with Crippen molar-refractivity contribution in [2.45, 2.75) is 25.8 Å². The molecule has 2 heterocycles. The molecule has 74 valence electrons. The molecule has 0 aliphatic carbocycles. The van der Waals surface area contributed by atoms with Crippen LogP contribution < -0.4 is 5.73 Å². The lowest BCUT2D eigenvalue weighted by Gasteiger charge is -2.09. The third kappa shape index (κ3) is 1.79. The fourth-order valence-electron chi connectivity index (χ4n) is 1.54. The van der Waals surface area contributed by atoms with Crippen LogP contribution in [0.2, 0.25) is 0 Å². The van der Waals surface area contributed by atoms with E-state index >= 15 is 0 Å². The van der Waals surface area contributed by atoms with Crippen LogP contribution in [-0.4, -0.2) is 4.98 Å². The Morgan fingerprint density at radius 1 is 1.57 bits per heavy atom. The summed E-state index contributed by atoms with van der Waals surface area (Å²) in [6.07, 6.45) is 4.04. The van der Waals surface area contributed by atoms with Crippen LogP contribution in [0.3, 0.4) is 0 Å². The molecular formula is C11H14N2S. The van der Waals surface area contributed by atoms with E-state index in [4.69, 9.17) is 5.73 Å². The summed E-state index contributed by atoms with van der Waals surface area (Å²) in [5.41, 5.74) is 8.26. The van der Waals surface area contributed by atoms with E-state index in [1.54, 1.807) is 11.3 Å². The van der Waals surface area contributed by atoms with Gasteiger partial charge in [0.15, 0.2) is 0 Å². The zero-order chi connectivity index (χ0) is 9.97. The van der Waals surface area contributed by atoms with E-state index in [-0.39, 0.29) is 6.04 Å². The minimum Gasteiger partial charge on any atom is -0.324 e. The predicted molar refractivity (Wildman–Crippen MR) is 61.5 cm³/mol. The van der Waals surface area contributed by atoms with E-state index in [0.29, 0.717) is 0 Å². The first kappa shape index (κ1) is 9.62. The summed E-state index contributed by atoms with van der Waals surface area (Å²) in [6.45, 7) is 2.15. The number of nitrogens with zero attached hydrogens (tertiary/aromatic N) is 1. The van der Waals surface area contributed by atoms with Crippen molar-refractivity contribution in [2.24, 2.45) is 5.73 Å². The summed E-state index contributed by atoms with van der Waals surface area (Å²) in [5, 5.41) is 2.06. The average molecular weight is 206 g/mol. The molecule has 2 N–H and O–H groups in total. The lowest BCUT2D eigenvalue weighted by Crippen LogP contribution is -2.09. The first-order valence-corrected chi connectivity index (χ1v) is 5.78. The molecular weight excluding hydrogens is 192 g/mol. The van der Waals surface area contributed by atoms with Crippen molar-refractivity contribution in [2.75, 3.05) is 0 Å². The van der Waals surface area contributed by atoms with Gasteiger partial charge in [-0.2, -0.15) is 0 Å². The number of aromatic nitrogens is 1. The second-order valence-corrected chi connectivity index (χ2v) is 4.42. The van der Waals surface area contributed by atoms with Gasteiger partial charge in [-0.3, -0.25) is 4.98 Å². The predicted octanol–water partition coefficient (Wildman–Crippen LogP) is 3.10. The highest BCUT2D eigenvalue weighted by Crippen LogP contribution is 2.23. The number of fused-ring (bicyclic) bond motifs is 1. The molecule has 2 aromatic rings. The monoisotopic (exact) mass is 206 g/mol. The summed E-state index contributed by atoms with van der Waals surface area (Å²) >= 11 is 1.72. The summed E-state index contributed by atoms with van der Waals surface area (Å²) in [7, 11) is 0. The number of rotatable bonds is 3. The Bertz CT molecular complexity index is 422. The molecule has 0 fully saturated rings. The molecule has 2 rings (SSSR count). The van der Waals surface area contributed by atoms with E-state index in [9.17, 15) is 0 Å². The summed E-state index contributed by atoms with van der Waals surface area (Å²) < 4.78 is 1.23. The van der Waals surface area contributed by atoms with Crippen LogP contribution >= 0.6 is 11.3 Å². The standard InChI is InChI=1S/C11H14N2S/c1-2-3-9(12)8-6-11-10(13-7-8)4-5-14-11/h4-7,9H,2-3,12H2,1H3/t9-/m0/s1. The van der Waals surface area contributed by atoms with Gasteiger partial charge in [-0.05, 0) is 29.5 Å². The zero-order valence-electron chi connectivity index (χ0n) is 8.23. The molecule has 0 aromatic carbocycles. The van der Waals surface area contributed by atoms with Crippen molar-refractivity contribution >= 4 is 21.6 Å². The third-order valence-corrected chi connectivity index (χ3v) is 3.20. The molecule has 0 spiro atoms. The molecule has 0 radical (unpaired) electrons. The van der Waals surface area contributed by atoms with E-state index < -0.39 is 0 Å². The molecule has 2 aromatic heterocycles. The van der Waals surface area contributed by atoms with Crippen molar-refractivity contribution in [3.05, 3.63) is 29.3 Å². The van der Waals surface area contributed by atoms with E-state index in [1.165, 1.54) is 4.70 Å². The normalized spacial score (nSPS) is 13.3. The quantitative estimate of drug-likeness (QED) is 0.838. The zero-order valence-corrected chi connectivity index (χ0v) is 9.05. The topological polar surface area (TPSA) is 38.9 Å². The summed E-state index contributed by atoms with van der Waals surface area (Å²) in [4.78, 5) is 4.37. The van der Waals surface area contributed by atoms with Gasteiger partial charge in [-0.15, -0.1) is 11.3 Å².